The topological polar surface area (TPSA) is 178 Å². The van der Waals surface area contributed by atoms with Gasteiger partial charge in [-0.1, -0.05) is 30.3 Å². The second-order valence-electron chi connectivity index (χ2n) is 9.51. The summed E-state index contributed by atoms with van der Waals surface area (Å²) < 4.78 is 24.8. The van der Waals surface area contributed by atoms with Crippen molar-refractivity contribution in [3.8, 4) is 11.5 Å². The molecule has 1 fully saturated rings. The third kappa shape index (κ3) is 8.44. The van der Waals surface area contributed by atoms with Crippen LogP contribution in [0.25, 0.3) is 0 Å². The number of nitrogens with zero attached hydrogens (tertiary/aromatic N) is 1. The highest BCUT2D eigenvalue weighted by Crippen LogP contribution is 2.34. The van der Waals surface area contributed by atoms with Gasteiger partial charge in [-0.25, -0.2) is 9.59 Å². The minimum Gasteiger partial charge on any atom is -0.480 e. The maximum absolute atomic E-state index is 13.6. The van der Waals surface area contributed by atoms with Gasteiger partial charge in [0.05, 0.1) is 6.61 Å². The van der Waals surface area contributed by atoms with E-state index in [1.165, 1.54) is 0 Å². The summed E-state index contributed by atoms with van der Waals surface area (Å²) in [5.41, 5.74) is 1.89. The summed E-state index contributed by atoms with van der Waals surface area (Å²) in [5, 5.41) is 31.6. The molecule has 43 heavy (non-hydrogen) atoms. The number of aliphatic carboxylic acids is 1. The van der Waals surface area contributed by atoms with Crippen LogP contribution in [0, 0.1) is 0 Å². The number of rotatable bonds is 13. The number of amides is 1. The molecule has 228 valence electrons. The molecule has 1 amide bonds. The van der Waals surface area contributed by atoms with Crippen molar-refractivity contribution in [3.05, 3.63) is 82.6 Å². The fourth-order valence-corrected chi connectivity index (χ4v) is 5.41. The van der Waals surface area contributed by atoms with Crippen molar-refractivity contribution in [1.29, 1.82) is 0 Å². The Kier molecular flexibility index (Phi) is 10.2. The van der Waals surface area contributed by atoms with Crippen LogP contribution in [0.2, 0.25) is 0 Å². The van der Waals surface area contributed by atoms with Crippen molar-refractivity contribution in [2.75, 3.05) is 13.2 Å². The maximum atomic E-state index is 13.6. The Labute approximate surface area is 249 Å². The van der Waals surface area contributed by atoms with Crippen molar-refractivity contribution < 1.29 is 58.2 Å². The lowest BCUT2D eigenvalue weighted by atomic mass is 9.86. The monoisotopic (exact) mass is 615 g/mol. The normalized spacial score (nSPS) is 16.9. The number of thiophene rings is 1. The van der Waals surface area contributed by atoms with Crippen LogP contribution in [0.1, 0.15) is 30.4 Å². The second-order valence-corrected chi connectivity index (χ2v) is 10.3. The number of para-hydroxylation sites is 1. The Morgan fingerprint density at radius 2 is 1.63 bits per heavy atom. The Balaban J connectivity index is 1.59. The first kappa shape index (κ1) is 31.3. The van der Waals surface area contributed by atoms with Crippen LogP contribution in [0.4, 0.5) is 9.59 Å². The number of hydrogen-bond donors (Lipinski definition) is 3. The molecule has 1 aliphatic rings. The second kappa shape index (κ2) is 14.0. The van der Waals surface area contributed by atoms with Crippen LogP contribution < -0.4 is 4.74 Å². The molecule has 1 aliphatic heterocycles. The van der Waals surface area contributed by atoms with Gasteiger partial charge in [0.1, 0.15) is 18.0 Å². The third-order valence-electron chi connectivity index (χ3n) is 6.67. The number of ether oxygens (including phenoxy) is 5. The summed E-state index contributed by atoms with van der Waals surface area (Å²) in [4.78, 5) is 48.8. The van der Waals surface area contributed by atoms with E-state index < -0.39 is 55.6 Å². The van der Waals surface area contributed by atoms with Crippen LogP contribution >= 0.6 is 11.3 Å². The van der Waals surface area contributed by atoms with E-state index in [4.69, 9.17) is 24.4 Å². The van der Waals surface area contributed by atoms with Gasteiger partial charge in [-0.3, -0.25) is 19.1 Å². The summed E-state index contributed by atoms with van der Waals surface area (Å²) in [6.07, 6.45) is -7.46. The van der Waals surface area contributed by atoms with Crippen molar-refractivity contribution in [1.82, 2.24) is 4.90 Å². The van der Waals surface area contributed by atoms with E-state index in [1.807, 2.05) is 59.3 Å². The predicted molar refractivity (Wildman–Crippen MR) is 149 cm³/mol. The van der Waals surface area contributed by atoms with Gasteiger partial charge >= 0.3 is 24.4 Å². The highest BCUT2D eigenvalue weighted by atomic mass is 32.1. The van der Waals surface area contributed by atoms with Gasteiger partial charge in [0, 0.05) is 12.0 Å². The molecule has 2 heterocycles. The number of aryl methyl sites for hydroxylation is 1. The zero-order valence-electron chi connectivity index (χ0n) is 22.9. The highest BCUT2D eigenvalue weighted by molar-refractivity contribution is 7.07. The number of carboxylic acids is 1. The summed E-state index contributed by atoms with van der Waals surface area (Å²) >= 11 is 1.55. The zero-order valence-corrected chi connectivity index (χ0v) is 23.7. The van der Waals surface area contributed by atoms with Gasteiger partial charge in [-0.05, 0) is 72.0 Å². The van der Waals surface area contributed by atoms with Gasteiger partial charge in [-0.15, -0.1) is 0 Å². The van der Waals surface area contributed by atoms with Crippen LogP contribution in [0.15, 0.2) is 71.4 Å². The van der Waals surface area contributed by atoms with Crippen molar-refractivity contribution >= 4 is 35.5 Å². The molecule has 0 spiro atoms. The summed E-state index contributed by atoms with van der Waals surface area (Å²) in [5.74, 6) is -1.32. The lowest BCUT2D eigenvalue weighted by Gasteiger charge is -2.35. The standard InChI is InChI=1S/C29H29NO12S/c1-18(30(15-25(31)32)26(33)24-16-38-29(40-24,41-27(34)35)42-28(36)37)23(12-7-19-13-14-43-17-19)20-8-10-22(11-9-20)39-21-5-3-2-4-6-21/h2-6,8-11,13-14,17-18,23-24H,7,12,15-16H2,1H3,(H,31,32)(H,34,35)(H,36,37)/t18-,23+,24+/m1/s1. The molecule has 3 N–H and O–H groups in total. The van der Waals surface area contributed by atoms with E-state index in [0.29, 0.717) is 24.3 Å². The van der Waals surface area contributed by atoms with Crippen LogP contribution in [-0.4, -0.2) is 75.9 Å². The number of carboxylic acid groups (broad SMARTS) is 3. The van der Waals surface area contributed by atoms with E-state index >= 15 is 0 Å². The minimum atomic E-state index is -3.04. The summed E-state index contributed by atoms with van der Waals surface area (Å²) in [6, 6.07) is 17.7. The molecule has 0 unspecified atom stereocenters. The molecule has 14 heteroatoms. The molecule has 0 aliphatic carbocycles. The first-order chi connectivity index (χ1) is 20.5. The molecule has 1 aromatic heterocycles. The van der Waals surface area contributed by atoms with Crippen LogP contribution in [0.5, 0.6) is 11.5 Å². The molecule has 3 aromatic rings. The number of carbonyl (C=O) groups is 4. The van der Waals surface area contributed by atoms with E-state index in [9.17, 15) is 24.3 Å². The van der Waals surface area contributed by atoms with E-state index in [0.717, 1.165) is 16.0 Å². The van der Waals surface area contributed by atoms with Crippen molar-refractivity contribution in [2.24, 2.45) is 0 Å². The Morgan fingerprint density at radius 3 is 2.21 bits per heavy atom. The number of hydrogen-bond acceptors (Lipinski definition) is 10. The molecule has 0 saturated carbocycles. The summed E-state index contributed by atoms with van der Waals surface area (Å²) in [6.45, 7) is 0.308. The van der Waals surface area contributed by atoms with Gasteiger partial charge in [0.15, 0.2) is 6.10 Å². The predicted octanol–water partition coefficient (Wildman–Crippen LogP) is 4.97. The molecule has 0 radical (unpaired) electrons. The van der Waals surface area contributed by atoms with Gasteiger partial charge in [-0.2, -0.15) is 11.3 Å². The lowest BCUT2D eigenvalue weighted by molar-refractivity contribution is -0.427. The third-order valence-corrected chi connectivity index (χ3v) is 7.40. The molecule has 2 aromatic carbocycles. The molecule has 13 nitrogen and oxygen atoms in total. The Hall–Kier alpha value is -4.66. The Morgan fingerprint density at radius 1 is 0.977 bits per heavy atom. The first-order valence-corrected chi connectivity index (χ1v) is 14.0. The number of carbonyl (C=O) groups excluding carboxylic acids is 1. The smallest absolute Gasteiger partial charge is 0.480 e. The Bertz CT molecular complexity index is 1380. The highest BCUT2D eigenvalue weighted by Gasteiger charge is 2.54. The van der Waals surface area contributed by atoms with Crippen LogP contribution in [-0.2, 0) is 35.0 Å². The first-order valence-electron chi connectivity index (χ1n) is 13.1. The van der Waals surface area contributed by atoms with E-state index in [2.05, 4.69) is 9.47 Å². The quantitative estimate of drug-likeness (QED) is 0.174. The van der Waals surface area contributed by atoms with Gasteiger partial charge in [0.2, 0.25) is 0 Å². The van der Waals surface area contributed by atoms with Crippen molar-refractivity contribution in [2.45, 2.75) is 44.0 Å². The SMILES string of the molecule is C[C@H]([C@H](CCc1ccsc1)c1ccc(Oc2ccccc2)cc1)N(CC(=O)O)C(=O)[C@@H]1COC(OC(=O)O)(OC(=O)O)O1. The fourth-order valence-electron chi connectivity index (χ4n) is 4.71. The zero-order chi connectivity index (χ0) is 31.0. The van der Waals surface area contributed by atoms with Gasteiger partial charge < -0.3 is 34.4 Å². The molecule has 0 bridgehead atoms. The summed E-state index contributed by atoms with van der Waals surface area (Å²) in [7, 11) is 0. The van der Waals surface area contributed by atoms with Crippen LogP contribution in [0.3, 0.4) is 0 Å². The van der Waals surface area contributed by atoms with Gasteiger partial charge in [0.25, 0.3) is 5.91 Å². The lowest BCUT2D eigenvalue weighted by Crippen LogP contribution is -2.50. The minimum absolute atomic E-state index is 0.369. The molecular formula is C29H29NO12S. The van der Waals surface area contributed by atoms with E-state index in [-0.39, 0.29) is 5.92 Å². The molecular weight excluding hydrogens is 586 g/mol. The van der Waals surface area contributed by atoms with Crippen molar-refractivity contribution in [3.63, 3.8) is 0 Å². The molecule has 4 rings (SSSR count). The maximum Gasteiger partial charge on any atom is 0.519 e. The molecule has 1 saturated heterocycles. The average Bonchev–Trinajstić information content (AvgIpc) is 3.62. The molecule has 3 atom stereocenters. The fraction of sp³-hybridized carbons (Fsp3) is 0.310. The number of benzene rings is 2. The largest absolute Gasteiger partial charge is 0.519 e. The van der Waals surface area contributed by atoms with E-state index in [1.54, 1.807) is 30.4 Å². The average molecular weight is 616 g/mol.